The van der Waals surface area contributed by atoms with Crippen LogP contribution in [0.2, 0.25) is 0 Å². The van der Waals surface area contributed by atoms with Gasteiger partial charge in [0.15, 0.2) is 0 Å². The van der Waals surface area contributed by atoms with Crippen molar-refractivity contribution in [3.05, 3.63) is 59.8 Å². The molecule has 3 saturated carbocycles. The third-order valence-electron chi connectivity index (χ3n) is 8.95. The lowest BCUT2D eigenvalue weighted by atomic mass is 9.61. The van der Waals surface area contributed by atoms with E-state index in [1.165, 1.54) is 37.7 Å². The Balaban J connectivity index is 1.44. The van der Waals surface area contributed by atoms with Crippen molar-refractivity contribution in [2.24, 2.45) is 23.2 Å². The van der Waals surface area contributed by atoms with Crippen LogP contribution in [0.3, 0.4) is 0 Å². The molecule has 0 spiro atoms. The van der Waals surface area contributed by atoms with Crippen LogP contribution in [0.4, 0.5) is 0 Å². The minimum absolute atomic E-state index is 0.0370. The highest BCUT2D eigenvalue weighted by molar-refractivity contribution is 5.37. The number of aliphatic hydroxyl groups excluding tert-OH is 1. The topological polar surface area (TPSA) is 32.8 Å². The fraction of sp³-hybridized carbons (Fsp3) is 0.655. The summed E-state index contributed by atoms with van der Waals surface area (Å²) in [5.74, 6) is 2.06. The van der Waals surface area contributed by atoms with Crippen molar-refractivity contribution in [1.29, 1.82) is 0 Å². The predicted octanol–water partition coefficient (Wildman–Crippen LogP) is 7.08. The number of hydrogen-bond acceptors (Lipinski definition) is 2. The smallest absolute Gasteiger partial charge is 0.110 e. The van der Waals surface area contributed by atoms with Crippen molar-refractivity contribution in [2.75, 3.05) is 6.61 Å². The van der Waals surface area contributed by atoms with Crippen LogP contribution in [0.1, 0.15) is 78.6 Å². The predicted molar refractivity (Wildman–Crippen MR) is 130 cm³/mol. The lowest BCUT2D eigenvalue weighted by Crippen LogP contribution is -2.35. The van der Waals surface area contributed by atoms with Crippen molar-refractivity contribution in [3.8, 4) is 0 Å². The first-order valence-electron chi connectivity index (χ1n) is 12.7. The third kappa shape index (κ3) is 4.71. The number of ether oxygens (including phenoxy) is 1. The van der Waals surface area contributed by atoms with Crippen molar-refractivity contribution < 1.29 is 9.84 Å². The summed E-state index contributed by atoms with van der Waals surface area (Å²) in [6.07, 6.45) is 24.1. The van der Waals surface area contributed by atoms with Gasteiger partial charge in [0.2, 0.25) is 0 Å². The first-order valence-corrected chi connectivity index (χ1v) is 12.7. The van der Waals surface area contributed by atoms with E-state index in [1.54, 1.807) is 5.57 Å². The quantitative estimate of drug-likeness (QED) is 0.366. The molecule has 1 aliphatic heterocycles. The van der Waals surface area contributed by atoms with Crippen LogP contribution in [0, 0.1) is 23.2 Å². The molecule has 0 radical (unpaired) electrons. The first kappa shape index (κ1) is 22.8. The summed E-state index contributed by atoms with van der Waals surface area (Å²) in [7, 11) is 0. The Bertz CT molecular complexity index is 794. The van der Waals surface area contributed by atoms with Gasteiger partial charge in [0.25, 0.3) is 0 Å². The molecule has 6 atom stereocenters. The molecule has 31 heavy (non-hydrogen) atoms. The minimum atomic E-state index is -0.341. The average molecular weight is 423 g/mol. The highest BCUT2D eigenvalue weighted by Crippen LogP contribution is 2.59. The minimum Gasteiger partial charge on any atom is -0.388 e. The summed E-state index contributed by atoms with van der Waals surface area (Å²) in [6.45, 7) is 12.2. The maximum atomic E-state index is 10.1. The Morgan fingerprint density at radius 1 is 1.16 bits per heavy atom. The van der Waals surface area contributed by atoms with Crippen molar-refractivity contribution >= 4 is 0 Å². The molecule has 170 valence electrons. The van der Waals surface area contributed by atoms with Gasteiger partial charge < -0.3 is 9.84 Å². The summed E-state index contributed by atoms with van der Waals surface area (Å²) < 4.78 is 5.58. The molecule has 4 rings (SSSR count). The lowest BCUT2D eigenvalue weighted by Gasteiger charge is -2.44. The van der Waals surface area contributed by atoms with Gasteiger partial charge in [-0.05, 0) is 92.1 Å². The third-order valence-corrected chi connectivity index (χ3v) is 8.95. The molecule has 1 N–H and O–H groups in total. The summed E-state index contributed by atoms with van der Waals surface area (Å²) in [5.41, 5.74) is 4.29. The molecule has 4 aliphatic rings. The van der Waals surface area contributed by atoms with Crippen LogP contribution in [0.15, 0.2) is 59.8 Å². The van der Waals surface area contributed by atoms with Gasteiger partial charge in [-0.15, -0.1) is 0 Å². The molecular formula is C29H42O2. The van der Waals surface area contributed by atoms with E-state index in [2.05, 4.69) is 63.8 Å². The van der Waals surface area contributed by atoms with Gasteiger partial charge >= 0.3 is 0 Å². The van der Waals surface area contributed by atoms with E-state index in [-0.39, 0.29) is 11.7 Å². The van der Waals surface area contributed by atoms with E-state index in [4.69, 9.17) is 4.74 Å². The lowest BCUT2D eigenvalue weighted by molar-refractivity contribution is 0.112. The van der Waals surface area contributed by atoms with Crippen LogP contribution < -0.4 is 0 Å². The number of aliphatic hydroxyl groups is 1. The molecule has 5 unspecified atom stereocenters. The van der Waals surface area contributed by atoms with E-state index in [0.717, 1.165) is 43.8 Å². The zero-order chi connectivity index (χ0) is 22.1. The van der Waals surface area contributed by atoms with Crippen LogP contribution in [-0.4, -0.2) is 23.4 Å². The molecule has 3 aliphatic carbocycles. The van der Waals surface area contributed by atoms with E-state index in [1.807, 2.05) is 0 Å². The largest absolute Gasteiger partial charge is 0.388 e. The molecule has 0 bridgehead atoms. The van der Waals surface area contributed by atoms with E-state index in [9.17, 15) is 5.11 Å². The molecule has 0 amide bonds. The second-order valence-electron chi connectivity index (χ2n) is 10.8. The van der Waals surface area contributed by atoms with Gasteiger partial charge in [-0.1, -0.05) is 69.4 Å². The second-order valence-corrected chi connectivity index (χ2v) is 10.8. The van der Waals surface area contributed by atoms with Crippen molar-refractivity contribution in [2.45, 2.75) is 90.3 Å². The van der Waals surface area contributed by atoms with E-state index in [0.29, 0.717) is 17.3 Å². The molecule has 0 aromatic heterocycles. The maximum Gasteiger partial charge on any atom is 0.110 e. The molecular weight excluding hydrogens is 380 g/mol. The van der Waals surface area contributed by atoms with Crippen molar-refractivity contribution in [1.82, 2.24) is 0 Å². The fourth-order valence-electron chi connectivity index (χ4n) is 6.69. The number of epoxide rings is 1. The molecule has 2 heteroatoms. The SMILES string of the molecule is C=C1/C(=C\C=C2/CCCC3(C)C2CCC3C(C)/C=C/C=C/C2(CC)CO2)CCC[C@@H]1O. The number of rotatable bonds is 6. The van der Waals surface area contributed by atoms with Crippen LogP contribution >= 0.6 is 0 Å². The zero-order valence-electron chi connectivity index (χ0n) is 19.9. The van der Waals surface area contributed by atoms with Crippen LogP contribution in [0.5, 0.6) is 0 Å². The Morgan fingerprint density at radius 2 is 1.97 bits per heavy atom. The Morgan fingerprint density at radius 3 is 2.71 bits per heavy atom. The normalized spacial score (nSPS) is 42.1. The molecule has 4 fully saturated rings. The molecule has 1 saturated heterocycles. The number of fused-ring (bicyclic) bond motifs is 1. The van der Waals surface area contributed by atoms with Gasteiger partial charge in [-0.3, -0.25) is 0 Å². The van der Waals surface area contributed by atoms with E-state index < -0.39 is 0 Å². The van der Waals surface area contributed by atoms with Gasteiger partial charge in [0.05, 0.1) is 12.7 Å². The van der Waals surface area contributed by atoms with Crippen LogP contribution in [0.25, 0.3) is 0 Å². The van der Waals surface area contributed by atoms with Crippen LogP contribution in [-0.2, 0) is 4.74 Å². The summed E-state index contributed by atoms with van der Waals surface area (Å²) in [6, 6.07) is 0. The Kier molecular flexibility index (Phi) is 6.79. The van der Waals surface area contributed by atoms with Gasteiger partial charge in [0.1, 0.15) is 5.60 Å². The van der Waals surface area contributed by atoms with Gasteiger partial charge in [-0.25, -0.2) is 0 Å². The second kappa shape index (κ2) is 9.24. The standard InChI is InChI=1S/C29H42O2/c1-5-29(20-31-29)19-7-6-10-21(2)25-16-17-26-24(12-9-18-28(25,26)4)15-14-23-11-8-13-27(30)22(23)3/h6-7,10,14-15,19,21,25-27,30H,3,5,8-9,11-13,16-18,20H2,1-2,4H3/b10-6+,19-7+,23-14-,24-15+/t21?,25?,26?,27-,28?,29?/m0/s1. The average Bonchev–Trinajstić information content (AvgIpc) is 3.45. The fourth-order valence-corrected chi connectivity index (χ4v) is 6.69. The Labute approximate surface area is 189 Å². The highest BCUT2D eigenvalue weighted by Gasteiger charge is 2.50. The molecule has 0 aromatic carbocycles. The summed E-state index contributed by atoms with van der Waals surface area (Å²) in [4.78, 5) is 0. The van der Waals surface area contributed by atoms with Crippen molar-refractivity contribution in [3.63, 3.8) is 0 Å². The number of allylic oxidation sites excluding steroid dienone is 6. The monoisotopic (exact) mass is 422 g/mol. The first-order chi connectivity index (χ1) is 14.9. The molecule has 2 nitrogen and oxygen atoms in total. The summed E-state index contributed by atoms with van der Waals surface area (Å²) in [5, 5.41) is 10.1. The zero-order valence-corrected chi connectivity index (χ0v) is 19.9. The number of hydrogen-bond donors (Lipinski definition) is 1. The van der Waals surface area contributed by atoms with Gasteiger partial charge in [-0.2, -0.15) is 0 Å². The van der Waals surface area contributed by atoms with E-state index >= 15 is 0 Å². The Hall–Kier alpha value is -1.38. The highest BCUT2D eigenvalue weighted by atomic mass is 16.6. The molecule has 1 heterocycles. The van der Waals surface area contributed by atoms with Gasteiger partial charge in [0, 0.05) is 0 Å². The molecule has 0 aromatic rings. The maximum absolute atomic E-state index is 10.1. The summed E-state index contributed by atoms with van der Waals surface area (Å²) >= 11 is 0.